The van der Waals surface area contributed by atoms with Crippen LogP contribution in [0.4, 0.5) is 0 Å². The fourth-order valence-corrected chi connectivity index (χ4v) is 2.93. The van der Waals surface area contributed by atoms with E-state index in [1.807, 2.05) is 6.92 Å². The van der Waals surface area contributed by atoms with Gasteiger partial charge in [-0.2, -0.15) is 0 Å². The van der Waals surface area contributed by atoms with Crippen molar-refractivity contribution in [3.05, 3.63) is 27.6 Å². The number of amides is 1. The molecule has 2 atom stereocenters. The van der Waals surface area contributed by atoms with Crippen LogP contribution in [0.2, 0.25) is 0 Å². The molecule has 0 spiro atoms. The lowest BCUT2D eigenvalue weighted by Gasteiger charge is -2.18. The molecule has 0 aromatic carbocycles. The highest BCUT2D eigenvalue weighted by molar-refractivity contribution is 7.18. The Balaban J connectivity index is 2.31. The van der Waals surface area contributed by atoms with Gasteiger partial charge < -0.3 is 10.4 Å². The van der Waals surface area contributed by atoms with E-state index in [4.69, 9.17) is 5.11 Å². The molecule has 2 unspecified atom stereocenters. The van der Waals surface area contributed by atoms with Crippen molar-refractivity contribution in [3.63, 3.8) is 0 Å². The van der Waals surface area contributed by atoms with Crippen LogP contribution in [0.5, 0.6) is 0 Å². The van der Waals surface area contributed by atoms with Gasteiger partial charge in [-0.05, 0) is 26.3 Å². The van der Waals surface area contributed by atoms with Gasteiger partial charge in [0.1, 0.15) is 16.9 Å². The van der Waals surface area contributed by atoms with Crippen LogP contribution in [0, 0.1) is 6.92 Å². The first kappa shape index (κ1) is 16.2. The lowest BCUT2D eigenvalue weighted by molar-refractivity contribution is -0.142. The number of aliphatic carboxylic acids is 1. The van der Waals surface area contributed by atoms with E-state index >= 15 is 0 Å². The van der Waals surface area contributed by atoms with Gasteiger partial charge in [0.2, 0.25) is 5.91 Å². The van der Waals surface area contributed by atoms with Gasteiger partial charge in [-0.25, -0.2) is 9.78 Å². The van der Waals surface area contributed by atoms with Crippen molar-refractivity contribution in [1.29, 1.82) is 0 Å². The summed E-state index contributed by atoms with van der Waals surface area (Å²) in [4.78, 5) is 41.3. The monoisotopic (exact) mass is 323 g/mol. The zero-order valence-corrected chi connectivity index (χ0v) is 13.3. The molecule has 2 aromatic heterocycles. The summed E-state index contributed by atoms with van der Waals surface area (Å²) in [7, 11) is 0. The number of hydrogen-bond acceptors (Lipinski definition) is 5. The Hall–Kier alpha value is -2.22. The first-order valence-electron chi connectivity index (χ1n) is 6.85. The molecule has 0 saturated heterocycles. The number of hydrogen-bond donors (Lipinski definition) is 2. The summed E-state index contributed by atoms with van der Waals surface area (Å²) in [5, 5.41) is 11.9. The number of carboxylic acids is 1. The molecular weight excluding hydrogens is 306 g/mol. The number of rotatable bonds is 5. The topological polar surface area (TPSA) is 101 Å². The smallest absolute Gasteiger partial charge is 0.326 e. The largest absolute Gasteiger partial charge is 0.480 e. The molecule has 0 fully saturated rings. The third-order valence-electron chi connectivity index (χ3n) is 3.42. The molecule has 2 aromatic rings. The van der Waals surface area contributed by atoms with Crippen LogP contribution in [0.1, 0.15) is 31.2 Å². The molecule has 2 N–H and O–H groups in total. The van der Waals surface area contributed by atoms with Crippen LogP contribution in [0.3, 0.4) is 0 Å². The zero-order chi connectivity index (χ0) is 16.4. The number of fused-ring (bicyclic) bond motifs is 1. The van der Waals surface area contributed by atoms with Gasteiger partial charge in [-0.1, -0.05) is 6.92 Å². The van der Waals surface area contributed by atoms with E-state index in [-0.39, 0.29) is 12.0 Å². The van der Waals surface area contributed by atoms with Crippen LogP contribution >= 0.6 is 11.3 Å². The highest BCUT2D eigenvalue weighted by Gasteiger charge is 2.23. The maximum absolute atomic E-state index is 12.4. The molecule has 118 valence electrons. The normalized spacial score (nSPS) is 13.8. The molecule has 2 rings (SSSR count). The van der Waals surface area contributed by atoms with Crippen molar-refractivity contribution in [1.82, 2.24) is 14.9 Å². The predicted octanol–water partition coefficient (Wildman–Crippen LogP) is 1.31. The summed E-state index contributed by atoms with van der Waals surface area (Å²) < 4.78 is 1.22. The quantitative estimate of drug-likeness (QED) is 0.864. The molecule has 0 aliphatic heterocycles. The molecule has 0 radical (unpaired) electrons. The van der Waals surface area contributed by atoms with Crippen LogP contribution in [0.15, 0.2) is 17.2 Å². The molecule has 0 saturated carbocycles. The molecule has 0 aliphatic carbocycles. The summed E-state index contributed by atoms with van der Waals surface area (Å²) in [6, 6.07) is -0.0634. The van der Waals surface area contributed by atoms with Crippen molar-refractivity contribution >= 4 is 33.4 Å². The Morgan fingerprint density at radius 2 is 2.18 bits per heavy atom. The van der Waals surface area contributed by atoms with Crippen molar-refractivity contribution in [2.24, 2.45) is 0 Å². The summed E-state index contributed by atoms with van der Waals surface area (Å²) >= 11 is 1.41. The molecule has 7 nitrogen and oxygen atoms in total. The average molecular weight is 323 g/mol. The predicted molar refractivity (Wildman–Crippen MR) is 83.2 cm³/mol. The third-order valence-corrected chi connectivity index (χ3v) is 4.38. The first-order valence-corrected chi connectivity index (χ1v) is 7.67. The van der Waals surface area contributed by atoms with E-state index in [9.17, 15) is 14.4 Å². The molecule has 0 aliphatic rings. The van der Waals surface area contributed by atoms with Gasteiger partial charge >= 0.3 is 5.97 Å². The van der Waals surface area contributed by atoms with Crippen molar-refractivity contribution in [2.45, 2.75) is 39.3 Å². The second kappa shape index (κ2) is 6.27. The van der Waals surface area contributed by atoms with Gasteiger partial charge in [0.05, 0.1) is 11.7 Å². The van der Waals surface area contributed by atoms with Crippen molar-refractivity contribution in [2.75, 3.05) is 0 Å². The number of nitrogens with one attached hydrogen (secondary N) is 1. The lowest BCUT2D eigenvalue weighted by Crippen LogP contribution is -2.44. The number of thiophene rings is 1. The van der Waals surface area contributed by atoms with Crippen molar-refractivity contribution < 1.29 is 14.7 Å². The number of aromatic nitrogens is 2. The fourth-order valence-electron chi connectivity index (χ4n) is 2.09. The fraction of sp³-hybridized carbons (Fsp3) is 0.429. The maximum atomic E-state index is 12.4. The molecule has 0 bridgehead atoms. The number of carbonyl (C=O) groups is 2. The number of carboxylic acid groups (broad SMARTS) is 1. The zero-order valence-electron chi connectivity index (χ0n) is 12.5. The average Bonchev–Trinajstić information content (AvgIpc) is 2.85. The molecular formula is C14H17N3O4S. The number of aryl methyl sites for hydroxylation is 1. The van der Waals surface area contributed by atoms with Gasteiger partial charge in [0.25, 0.3) is 5.56 Å². The van der Waals surface area contributed by atoms with Gasteiger partial charge in [-0.15, -0.1) is 11.3 Å². The Labute approximate surface area is 130 Å². The van der Waals surface area contributed by atoms with Gasteiger partial charge in [0.15, 0.2) is 0 Å². The maximum Gasteiger partial charge on any atom is 0.326 e. The van der Waals surface area contributed by atoms with E-state index in [0.29, 0.717) is 10.2 Å². The molecule has 8 heteroatoms. The van der Waals surface area contributed by atoms with Crippen LogP contribution in [0.25, 0.3) is 10.2 Å². The highest BCUT2D eigenvalue weighted by Crippen LogP contribution is 2.20. The second-order valence-electron chi connectivity index (χ2n) is 5.02. The van der Waals surface area contributed by atoms with Crippen LogP contribution in [-0.4, -0.2) is 32.6 Å². The summed E-state index contributed by atoms with van der Waals surface area (Å²) in [5.74, 6) is -1.62. The molecule has 1 amide bonds. The van der Waals surface area contributed by atoms with Crippen LogP contribution in [-0.2, 0) is 9.59 Å². The second-order valence-corrected chi connectivity index (χ2v) is 6.25. The molecule has 2 heterocycles. The Morgan fingerprint density at radius 1 is 1.50 bits per heavy atom. The Morgan fingerprint density at radius 3 is 2.77 bits per heavy atom. The van der Waals surface area contributed by atoms with E-state index in [1.165, 1.54) is 29.2 Å². The minimum absolute atomic E-state index is 0.268. The van der Waals surface area contributed by atoms with E-state index in [0.717, 1.165) is 4.88 Å². The van der Waals surface area contributed by atoms with Gasteiger partial charge in [0, 0.05) is 4.88 Å². The van der Waals surface area contributed by atoms with E-state index in [1.54, 1.807) is 13.0 Å². The Bertz CT molecular complexity index is 780. The standard InChI is InChI=1S/C14H17N3O4S/c1-4-10(14(20)21)16-11(18)8(3)17-6-15-12-9(13(17)19)5-7(2)22-12/h5-6,8,10H,4H2,1-3H3,(H,16,18)(H,20,21). The van der Waals surface area contributed by atoms with Gasteiger partial charge in [-0.3, -0.25) is 14.2 Å². The Kier molecular flexibility index (Phi) is 4.60. The van der Waals surface area contributed by atoms with E-state index < -0.39 is 24.0 Å². The first-order chi connectivity index (χ1) is 10.3. The minimum atomic E-state index is -1.10. The van der Waals surface area contributed by atoms with E-state index in [2.05, 4.69) is 10.3 Å². The SMILES string of the molecule is CCC(NC(=O)C(C)n1cnc2sc(C)cc2c1=O)C(=O)O. The highest BCUT2D eigenvalue weighted by atomic mass is 32.1. The third kappa shape index (κ3) is 3.01. The summed E-state index contributed by atoms with van der Waals surface area (Å²) in [5.41, 5.74) is -0.305. The molecule has 22 heavy (non-hydrogen) atoms. The lowest BCUT2D eigenvalue weighted by atomic mass is 10.2. The number of nitrogens with zero attached hydrogens (tertiary/aromatic N) is 2. The number of carbonyl (C=O) groups excluding carboxylic acids is 1. The van der Waals surface area contributed by atoms with Crippen molar-refractivity contribution in [3.8, 4) is 0 Å². The summed E-state index contributed by atoms with van der Waals surface area (Å²) in [6.45, 7) is 5.08. The summed E-state index contributed by atoms with van der Waals surface area (Å²) in [6.07, 6.45) is 1.59. The van der Waals surface area contributed by atoms with Crippen LogP contribution < -0.4 is 10.9 Å². The minimum Gasteiger partial charge on any atom is -0.480 e.